The maximum absolute atomic E-state index is 12.7. The fourth-order valence-electron chi connectivity index (χ4n) is 2.18. The Morgan fingerprint density at radius 2 is 2.00 bits per heavy atom. The third-order valence-electron chi connectivity index (χ3n) is 3.43. The zero-order valence-electron chi connectivity index (χ0n) is 12.8. The second kappa shape index (κ2) is 8.17. The van der Waals surface area contributed by atoms with Gasteiger partial charge in [0, 0.05) is 18.6 Å². The van der Waals surface area contributed by atoms with E-state index in [2.05, 4.69) is 5.32 Å². The Labute approximate surface area is 128 Å². The Kier molecular flexibility index (Phi) is 6.87. The number of aliphatic hydroxyl groups excluding tert-OH is 1. The van der Waals surface area contributed by atoms with Gasteiger partial charge in [-0.25, -0.2) is 0 Å². The molecule has 124 valence electrons. The summed E-state index contributed by atoms with van der Waals surface area (Å²) in [6, 6.07) is 4.98. The number of aliphatic hydroxyl groups is 1. The Morgan fingerprint density at radius 3 is 2.59 bits per heavy atom. The van der Waals surface area contributed by atoms with E-state index in [0.29, 0.717) is 18.4 Å². The average molecular weight is 317 g/mol. The summed E-state index contributed by atoms with van der Waals surface area (Å²) in [5.74, 6) is -0.608. The molecule has 0 aliphatic heterocycles. The van der Waals surface area contributed by atoms with Crippen LogP contribution < -0.4 is 5.32 Å². The lowest BCUT2D eigenvalue weighted by molar-refractivity contribution is -0.137. The van der Waals surface area contributed by atoms with Crippen molar-refractivity contribution in [2.24, 2.45) is 5.92 Å². The van der Waals surface area contributed by atoms with Crippen LogP contribution in [0.15, 0.2) is 24.3 Å². The number of hydrogen-bond acceptors (Lipinski definition) is 2. The molecule has 1 rings (SSSR count). The highest BCUT2D eigenvalue weighted by molar-refractivity contribution is 5.78. The lowest BCUT2D eigenvalue weighted by Crippen LogP contribution is -2.37. The molecule has 0 aromatic heterocycles. The first kappa shape index (κ1) is 18.5. The van der Waals surface area contributed by atoms with Crippen LogP contribution in [0.2, 0.25) is 0 Å². The molecular weight excluding hydrogens is 295 g/mol. The second-order valence-electron chi connectivity index (χ2n) is 5.58. The minimum absolute atomic E-state index is 0.0661. The number of hydrogen-bond donors (Lipinski definition) is 2. The van der Waals surface area contributed by atoms with Gasteiger partial charge in [-0.3, -0.25) is 4.79 Å². The van der Waals surface area contributed by atoms with Gasteiger partial charge in [-0.1, -0.05) is 25.1 Å². The zero-order valence-corrected chi connectivity index (χ0v) is 12.8. The van der Waals surface area contributed by atoms with E-state index in [1.54, 1.807) is 13.0 Å². The fraction of sp³-hybridized carbons (Fsp3) is 0.562. The number of carbonyl (C=O) groups is 1. The van der Waals surface area contributed by atoms with E-state index in [9.17, 15) is 18.0 Å². The number of alkyl halides is 3. The molecule has 0 saturated carbocycles. The number of carbonyl (C=O) groups excluding carboxylic acids is 1. The lowest BCUT2D eigenvalue weighted by atomic mass is 9.98. The topological polar surface area (TPSA) is 49.3 Å². The van der Waals surface area contributed by atoms with Gasteiger partial charge in [0.2, 0.25) is 5.91 Å². The van der Waals surface area contributed by atoms with Crippen LogP contribution in [0.3, 0.4) is 0 Å². The summed E-state index contributed by atoms with van der Waals surface area (Å²) >= 11 is 0. The second-order valence-corrected chi connectivity index (χ2v) is 5.58. The van der Waals surface area contributed by atoms with Crippen LogP contribution in [0, 0.1) is 5.92 Å². The fourth-order valence-corrected chi connectivity index (χ4v) is 2.18. The summed E-state index contributed by atoms with van der Waals surface area (Å²) in [7, 11) is 0. The molecule has 0 aliphatic carbocycles. The largest absolute Gasteiger partial charge is 0.416 e. The van der Waals surface area contributed by atoms with E-state index in [1.807, 2.05) is 6.92 Å². The molecule has 2 N–H and O–H groups in total. The first-order chi connectivity index (χ1) is 10.2. The number of amides is 1. The van der Waals surface area contributed by atoms with Gasteiger partial charge >= 0.3 is 6.18 Å². The van der Waals surface area contributed by atoms with Crippen molar-refractivity contribution in [1.29, 1.82) is 0 Å². The summed E-state index contributed by atoms with van der Waals surface area (Å²) in [4.78, 5) is 12.0. The highest BCUT2D eigenvalue weighted by Crippen LogP contribution is 2.30. The summed E-state index contributed by atoms with van der Waals surface area (Å²) in [6.45, 7) is 3.60. The average Bonchev–Trinajstić information content (AvgIpc) is 2.44. The zero-order chi connectivity index (χ0) is 16.8. The molecule has 0 aliphatic rings. The summed E-state index contributed by atoms with van der Waals surface area (Å²) < 4.78 is 38.0. The molecule has 22 heavy (non-hydrogen) atoms. The normalized spacial score (nSPS) is 14.5. The maximum atomic E-state index is 12.7. The molecule has 2 atom stereocenters. The van der Waals surface area contributed by atoms with E-state index >= 15 is 0 Å². The minimum atomic E-state index is -4.37. The van der Waals surface area contributed by atoms with Crippen molar-refractivity contribution in [2.75, 3.05) is 6.61 Å². The molecule has 0 bridgehead atoms. The highest BCUT2D eigenvalue weighted by Gasteiger charge is 2.30. The Balaban J connectivity index is 2.61. The molecule has 1 aromatic rings. The van der Waals surface area contributed by atoms with E-state index in [1.165, 1.54) is 6.07 Å². The SMILES string of the molecule is CC(CCCO)NC(=O)C(C)Cc1cccc(C(F)(F)F)c1. The quantitative estimate of drug-likeness (QED) is 0.811. The summed E-state index contributed by atoms with van der Waals surface area (Å²) in [5.41, 5.74) is -0.214. The number of nitrogens with one attached hydrogen (secondary N) is 1. The van der Waals surface area contributed by atoms with Crippen LogP contribution in [-0.4, -0.2) is 23.7 Å². The Bertz CT molecular complexity index is 489. The van der Waals surface area contributed by atoms with Crippen molar-refractivity contribution < 1.29 is 23.1 Å². The molecule has 0 saturated heterocycles. The Morgan fingerprint density at radius 1 is 1.32 bits per heavy atom. The van der Waals surface area contributed by atoms with Crippen molar-refractivity contribution >= 4 is 5.91 Å². The van der Waals surface area contributed by atoms with Gasteiger partial charge in [-0.15, -0.1) is 0 Å². The van der Waals surface area contributed by atoms with Crippen LogP contribution in [0.1, 0.15) is 37.8 Å². The number of benzene rings is 1. The number of halogens is 3. The smallest absolute Gasteiger partial charge is 0.396 e. The standard InChI is InChI=1S/C16H22F3NO2/c1-11(15(22)20-12(2)5-4-8-21)9-13-6-3-7-14(10-13)16(17,18)19/h3,6-7,10-12,21H,4-5,8-9H2,1-2H3,(H,20,22). The molecule has 1 amide bonds. The van der Waals surface area contributed by atoms with Crippen LogP contribution in [0.5, 0.6) is 0 Å². The van der Waals surface area contributed by atoms with Crippen molar-refractivity contribution in [2.45, 2.75) is 45.3 Å². The molecule has 0 spiro atoms. The van der Waals surface area contributed by atoms with Gasteiger partial charge in [-0.2, -0.15) is 13.2 Å². The van der Waals surface area contributed by atoms with Gasteiger partial charge in [0.05, 0.1) is 5.56 Å². The molecule has 3 nitrogen and oxygen atoms in total. The van der Waals surface area contributed by atoms with Gasteiger partial charge in [0.1, 0.15) is 0 Å². The first-order valence-electron chi connectivity index (χ1n) is 7.31. The number of rotatable bonds is 7. The van der Waals surface area contributed by atoms with Gasteiger partial charge < -0.3 is 10.4 Å². The molecule has 0 fully saturated rings. The van der Waals surface area contributed by atoms with Gasteiger partial charge in [-0.05, 0) is 37.8 Å². The van der Waals surface area contributed by atoms with Crippen molar-refractivity contribution in [3.8, 4) is 0 Å². The predicted octanol–water partition coefficient (Wildman–Crippen LogP) is 3.16. The maximum Gasteiger partial charge on any atom is 0.416 e. The predicted molar refractivity (Wildman–Crippen MR) is 78.2 cm³/mol. The molecule has 0 radical (unpaired) electrons. The lowest BCUT2D eigenvalue weighted by Gasteiger charge is -2.18. The Hall–Kier alpha value is -1.56. The third-order valence-corrected chi connectivity index (χ3v) is 3.43. The molecule has 0 heterocycles. The summed E-state index contributed by atoms with van der Waals surface area (Å²) in [6.07, 6.45) is -2.86. The van der Waals surface area contributed by atoms with Crippen LogP contribution in [0.4, 0.5) is 13.2 Å². The van der Waals surface area contributed by atoms with Crippen LogP contribution in [0.25, 0.3) is 0 Å². The molecule has 6 heteroatoms. The molecule has 1 aromatic carbocycles. The first-order valence-corrected chi connectivity index (χ1v) is 7.31. The minimum Gasteiger partial charge on any atom is -0.396 e. The third kappa shape index (κ3) is 6.05. The van der Waals surface area contributed by atoms with Gasteiger partial charge in [0.25, 0.3) is 0 Å². The van der Waals surface area contributed by atoms with Gasteiger partial charge in [0.15, 0.2) is 0 Å². The van der Waals surface area contributed by atoms with E-state index in [4.69, 9.17) is 5.11 Å². The van der Waals surface area contributed by atoms with Crippen LogP contribution >= 0.6 is 0 Å². The summed E-state index contributed by atoms with van der Waals surface area (Å²) in [5, 5.41) is 11.5. The molecular formula is C16H22F3NO2. The van der Waals surface area contributed by atoms with E-state index in [0.717, 1.165) is 12.1 Å². The van der Waals surface area contributed by atoms with Crippen LogP contribution in [-0.2, 0) is 17.4 Å². The van der Waals surface area contributed by atoms with E-state index < -0.39 is 17.7 Å². The van der Waals surface area contributed by atoms with Crippen molar-refractivity contribution in [3.63, 3.8) is 0 Å². The van der Waals surface area contributed by atoms with E-state index in [-0.39, 0.29) is 25.0 Å². The molecule has 2 unspecified atom stereocenters. The van der Waals surface area contributed by atoms with Crippen molar-refractivity contribution in [3.05, 3.63) is 35.4 Å². The monoisotopic (exact) mass is 317 g/mol. The highest BCUT2D eigenvalue weighted by atomic mass is 19.4. The van der Waals surface area contributed by atoms with Crippen molar-refractivity contribution in [1.82, 2.24) is 5.32 Å².